The van der Waals surface area contributed by atoms with Crippen LogP contribution in [0.4, 0.5) is 14.6 Å². The first kappa shape index (κ1) is 23.4. The van der Waals surface area contributed by atoms with Crippen molar-refractivity contribution in [2.45, 2.75) is 33.4 Å². The van der Waals surface area contributed by atoms with Crippen molar-refractivity contribution >= 4 is 57.6 Å². The number of alkyl halides is 2. The van der Waals surface area contributed by atoms with Crippen molar-refractivity contribution in [1.82, 2.24) is 24.5 Å². The van der Waals surface area contributed by atoms with Gasteiger partial charge in [-0.1, -0.05) is 40.9 Å². The maximum atomic E-state index is 13.5. The molecule has 0 spiro atoms. The fourth-order valence-corrected chi connectivity index (χ4v) is 4.16. The van der Waals surface area contributed by atoms with Gasteiger partial charge in [0.15, 0.2) is 11.5 Å². The van der Waals surface area contributed by atoms with E-state index in [1.54, 1.807) is 38.2 Å². The van der Waals surface area contributed by atoms with E-state index >= 15 is 0 Å². The Labute approximate surface area is 202 Å². The average Bonchev–Trinajstić information content (AvgIpc) is 3.22. The highest BCUT2D eigenvalue weighted by atomic mass is 35.5. The van der Waals surface area contributed by atoms with Gasteiger partial charge in [-0.15, -0.1) is 0 Å². The van der Waals surface area contributed by atoms with Crippen LogP contribution in [0.15, 0.2) is 30.5 Å². The van der Waals surface area contributed by atoms with E-state index in [0.717, 1.165) is 5.56 Å². The summed E-state index contributed by atoms with van der Waals surface area (Å²) in [5.41, 5.74) is 1.59. The molecule has 0 saturated heterocycles. The zero-order chi connectivity index (χ0) is 23.9. The van der Waals surface area contributed by atoms with Gasteiger partial charge in [-0.05, 0) is 37.6 Å². The fourth-order valence-electron chi connectivity index (χ4n) is 3.49. The number of carbonyl (C=O) groups excluding carboxylic acids is 1. The minimum atomic E-state index is -2.68. The molecule has 0 atom stereocenters. The lowest BCUT2D eigenvalue weighted by Gasteiger charge is -2.07. The number of anilines is 1. The third kappa shape index (κ3) is 4.95. The lowest BCUT2D eigenvalue weighted by atomic mass is 10.1. The maximum absolute atomic E-state index is 13.5. The second kappa shape index (κ2) is 9.24. The van der Waals surface area contributed by atoms with Gasteiger partial charge in [0.25, 0.3) is 6.43 Å². The minimum Gasteiger partial charge on any atom is -0.306 e. The molecule has 0 unspecified atom stereocenters. The number of carbonyl (C=O) groups is 1. The van der Waals surface area contributed by atoms with E-state index in [-0.39, 0.29) is 34.0 Å². The van der Waals surface area contributed by atoms with Crippen molar-refractivity contribution in [2.75, 3.05) is 5.32 Å². The highest BCUT2D eigenvalue weighted by Gasteiger charge is 2.21. The number of rotatable bonds is 6. The van der Waals surface area contributed by atoms with Gasteiger partial charge in [0.05, 0.1) is 17.6 Å². The van der Waals surface area contributed by atoms with E-state index in [9.17, 15) is 13.6 Å². The molecule has 0 aliphatic rings. The number of nitrogens with one attached hydrogen (secondary N) is 1. The summed E-state index contributed by atoms with van der Waals surface area (Å²) in [6, 6.07) is 6.43. The number of pyridine rings is 1. The molecule has 4 rings (SSSR count). The lowest BCUT2D eigenvalue weighted by Crippen LogP contribution is -2.20. The maximum Gasteiger partial charge on any atom is 0.264 e. The Bertz CT molecular complexity index is 1370. The van der Waals surface area contributed by atoms with Gasteiger partial charge in [-0.2, -0.15) is 10.2 Å². The molecule has 12 heteroatoms. The van der Waals surface area contributed by atoms with Crippen molar-refractivity contribution in [3.8, 4) is 0 Å². The Morgan fingerprint density at radius 2 is 1.88 bits per heavy atom. The first-order valence-electron chi connectivity index (χ1n) is 9.72. The molecule has 3 heterocycles. The number of aromatic nitrogens is 5. The van der Waals surface area contributed by atoms with Crippen LogP contribution < -0.4 is 5.32 Å². The quantitative estimate of drug-likeness (QED) is 0.352. The number of fused-ring (bicyclic) bond motifs is 1. The molecular weight excluding hydrogens is 497 g/mol. The van der Waals surface area contributed by atoms with Gasteiger partial charge < -0.3 is 5.32 Å². The third-order valence-electron chi connectivity index (χ3n) is 4.89. The van der Waals surface area contributed by atoms with Crippen LogP contribution in [0.2, 0.25) is 15.1 Å². The number of nitrogens with zero attached hydrogens (tertiary/aromatic N) is 5. The Kier molecular flexibility index (Phi) is 6.56. The largest absolute Gasteiger partial charge is 0.306 e. The number of hydrogen-bond acceptors (Lipinski definition) is 4. The molecule has 4 aromatic rings. The SMILES string of the molecule is Cc1cc(C(F)F)c2c(C)nn(CC(=O)Nc3nn(Cc4ccc(Cl)cc4Cl)cc3Cl)c2n1. The number of amides is 1. The summed E-state index contributed by atoms with van der Waals surface area (Å²) >= 11 is 18.3. The van der Waals surface area contributed by atoms with Crippen molar-refractivity contribution in [2.24, 2.45) is 0 Å². The molecule has 1 N–H and O–H groups in total. The van der Waals surface area contributed by atoms with E-state index in [1.165, 1.54) is 15.4 Å². The molecule has 0 saturated carbocycles. The zero-order valence-electron chi connectivity index (χ0n) is 17.4. The summed E-state index contributed by atoms with van der Waals surface area (Å²) in [6.45, 7) is 3.27. The summed E-state index contributed by atoms with van der Waals surface area (Å²) in [5, 5.41) is 12.6. The molecule has 172 valence electrons. The van der Waals surface area contributed by atoms with Crippen LogP contribution in [0.1, 0.15) is 28.9 Å². The van der Waals surface area contributed by atoms with E-state index in [2.05, 4.69) is 20.5 Å². The summed E-state index contributed by atoms with van der Waals surface area (Å²) < 4.78 is 29.8. The number of halogens is 5. The second-order valence-electron chi connectivity index (χ2n) is 7.40. The summed E-state index contributed by atoms with van der Waals surface area (Å²) in [7, 11) is 0. The molecular formula is C21H17Cl3F2N6O. The molecule has 1 aromatic carbocycles. The average molecular weight is 514 g/mol. The van der Waals surface area contributed by atoms with Crippen molar-refractivity contribution < 1.29 is 13.6 Å². The molecule has 33 heavy (non-hydrogen) atoms. The van der Waals surface area contributed by atoms with Crippen molar-refractivity contribution in [1.29, 1.82) is 0 Å². The molecule has 0 aliphatic carbocycles. The van der Waals surface area contributed by atoms with Gasteiger partial charge in [0, 0.05) is 27.5 Å². The van der Waals surface area contributed by atoms with Crippen LogP contribution in [-0.2, 0) is 17.9 Å². The van der Waals surface area contributed by atoms with Gasteiger partial charge in [-0.3, -0.25) is 9.48 Å². The minimum absolute atomic E-state index is 0.150. The van der Waals surface area contributed by atoms with Gasteiger partial charge in [-0.25, -0.2) is 18.4 Å². The number of benzene rings is 1. The van der Waals surface area contributed by atoms with E-state index in [1.807, 2.05) is 0 Å². The molecule has 0 fully saturated rings. The Morgan fingerprint density at radius 3 is 2.58 bits per heavy atom. The Morgan fingerprint density at radius 1 is 1.12 bits per heavy atom. The van der Waals surface area contributed by atoms with Crippen LogP contribution >= 0.6 is 34.8 Å². The highest BCUT2D eigenvalue weighted by Crippen LogP contribution is 2.30. The Balaban J connectivity index is 1.53. The topological polar surface area (TPSA) is 77.6 Å². The first-order chi connectivity index (χ1) is 15.6. The number of hydrogen-bond donors (Lipinski definition) is 1. The highest BCUT2D eigenvalue weighted by molar-refractivity contribution is 6.35. The molecule has 3 aromatic heterocycles. The zero-order valence-corrected chi connectivity index (χ0v) is 19.7. The summed E-state index contributed by atoms with van der Waals surface area (Å²) in [4.78, 5) is 17.0. The monoisotopic (exact) mass is 512 g/mol. The first-order valence-corrected chi connectivity index (χ1v) is 10.8. The molecule has 0 bridgehead atoms. The third-order valence-corrected chi connectivity index (χ3v) is 5.75. The van der Waals surface area contributed by atoms with E-state index in [4.69, 9.17) is 34.8 Å². The smallest absolute Gasteiger partial charge is 0.264 e. The fraction of sp³-hybridized carbons (Fsp3) is 0.238. The summed E-state index contributed by atoms with van der Waals surface area (Å²) in [5.74, 6) is -0.338. The molecule has 0 radical (unpaired) electrons. The molecule has 1 amide bonds. The van der Waals surface area contributed by atoms with Crippen LogP contribution in [-0.4, -0.2) is 30.5 Å². The predicted molar refractivity (Wildman–Crippen MR) is 123 cm³/mol. The van der Waals surface area contributed by atoms with Crippen molar-refractivity contribution in [3.63, 3.8) is 0 Å². The van der Waals surface area contributed by atoms with Gasteiger partial charge in [0.2, 0.25) is 5.91 Å². The van der Waals surface area contributed by atoms with Crippen LogP contribution in [0, 0.1) is 13.8 Å². The second-order valence-corrected chi connectivity index (χ2v) is 8.65. The van der Waals surface area contributed by atoms with Gasteiger partial charge in [0.1, 0.15) is 11.6 Å². The number of aryl methyl sites for hydroxylation is 2. The lowest BCUT2D eigenvalue weighted by molar-refractivity contribution is -0.116. The van der Waals surface area contributed by atoms with E-state index in [0.29, 0.717) is 28.0 Å². The summed E-state index contributed by atoms with van der Waals surface area (Å²) in [6.07, 6.45) is -1.13. The predicted octanol–water partition coefficient (Wildman–Crippen LogP) is 5.83. The molecule has 7 nitrogen and oxygen atoms in total. The molecule has 0 aliphatic heterocycles. The van der Waals surface area contributed by atoms with Crippen LogP contribution in [0.3, 0.4) is 0 Å². The van der Waals surface area contributed by atoms with E-state index < -0.39 is 12.3 Å². The standard InChI is InChI=1S/C21H17Cl3F2N6O/c1-10-5-14(19(25)26)18-11(2)29-32(21(18)27-10)9-17(33)28-20-16(24)8-31(30-20)7-12-3-4-13(22)6-15(12)23/h3-6,8,19H,7,9H2,1-2H3,(H,28,30,33). The van der Waals surface area contributed by atoms with Gasteiger partial charge >= 0.3 is 0 Å². The van der Waals surface area contributed by atoms with Crippen LogP contribution in [0.25, 0.3) is 11.0 Å². The Hall–Kier alpha value is -2.75. The normalized spacial score (nSPS) is 11.5. The van der Waals surface area contributed by atoms with Crippen molar-refractivity contribution in [3.05, 3.63) is 68.0 Å². The van der Waals surface area contributed by atoms with Crippen LogP contribution in [0.5, 0.6) is 0 Å².